The largest absolute Gasteiger partial charge is 0.453 e. The third-order valence-electron chi connectivity index (χ3n) is 3.97. The van der Waals surface area contributed by atoms with Crippen LogP contribution in [0.2, 0.25) is 0 Å². The van der Waals surface area contributed by atoms with Crippen LogP contribution in [-0.4, -0.2) is 23.3 Å². The van der Waals surface area contributed by atoms with Crippen molar-refractivity contribution >= 4 is 34.7 Å². The Hall–Kier alpha value is -2.43. The lowest BCUT2D eigenvalue weighted by Gasteiger charge is -2.17. The monoisotopic (exact) mass is 387 g/mol. The van der Waals surface area contributed by atoms with Crippen molar-refractivity contribution < 1.29 is 15.1 Å². The average Bonchev–Trinajstić information content (AvgIpc) is 3.23. The lowest BCUT2D eigenvalue weighted by atomic mass is 10.2. The van der Waals surface area contributed by atoms with Crippen LogP contribution in [0.25, 0.3) is 21.5 Å². The highest BCUT2D eigenvalue weighted by Crippen LogP contribution is 2.44. The fourth-order valence-corrected chi connectivity index (χ4v) is 4.91. The molecule has 26 heavy (non-hydrogen) atoms. The average molecular weight is 387 g/mol. The van der Waals surface area contributed by atoms with Gasteiger partial charge in [0.05, 0.1) is 6.68 Å². The van der Waals surface area contributed by atoms with Gasteiger partial charge in [0.2, 0.25) is 0 Å². The second-order valence-electron chi connectivity index (χ2n) is 6.24. The number of thiazole rings is 1. The zero-order chi connectivity index (χ0) is 19.2. The summed E-state index contributed by atoms with van der Waals surface area (Å²) < 4.78 is 41.1. The molecule has 0 saturated heterocycles. The molecule has 0 aliphatic rings. The summed E-state index contributed by atoms with van der Waals surface area (Å²) in [6, 6.07) is 10.2. The number of H-pyrrole nitrogens is 1. The van der Waals surface area contributed by atoms with E-state index in [1.807, 2.05) is 6.07 Å². The molecule has 0 unspecified atom stereocenters. The van der Waals surface area contributed by atoms with Crippen LogP contribution in [0.3, 0.4) is 0 Å². The zero-order valence-corrected chi connectivity index (χ0v) is 15.8. The van der Waals surface area contributed by atoms with Crippen molar-refractivity contribution in [2.24, 2.45) is 0 Å². The van der Waals surface area contributed by atoms with E-state index in [0.717, 1.165) is 5.56 Å². The number of ether oxygens (including phenoxy) is 1. The summed E-state index contributed by atoms with van der Waals surface area (Å²) in [5.74, 6) is -0.178. The lowest BCUT2D eigenvalue weighted by Crippen LogP contribution is -2.10. The van der Waals surface area contributed by atoms with Crippen LogP contribution in [0.15, 0.2) is 54.1 Å². The Morgan fingerprint density at radius 2 is 2.15 bits per heavy atom. The van der Waals surface area contributed by atoms with E-state index >= 15 is 0 Å². The third-order valence-corrected chi connectivity index (χ3v) is 6.26. The van der Waals surface area contributed by atoms with Crippen molar-refractivity contribution in [3.63, 3.8) is 0 Å². The molecule has 1 N–H and O–H groups in total. The molecule has 0 fully saturated rings. The van der Waals surface area contributed by atoms with Gasteiger partial charge in [0.15, 0.2) is 11.6 Å². The molecule has 0 bridgehead atoms. The van der Waals surface area contributed by atoms with Crippen LogP contribution in [0.5, 0.6) is 11.5 Å². The van der Waals surface area contributed by atoms with Gasteiger partial charge in [0, 0.05) is 40.3 Å². The van der Waals surface area contributed by atoms with Gasteiger partial charge in [-0.3, -0.25) is 0 Å². The molecule has 0 saturated carbocycles. The summed E-state index contributed by atoms with van der Waals surface area (Å²) in [5, 5.41) is 3.40. The van der Waals surface area contributed by atoms with Gasteiger partial charge in [-0.2, -0.15) is 0 Å². The van der Waals surface area contributed by atoms with Crippen molar-refractivity contribution in [2.45, 2.75) is 0 Å². The fourth-order valence-electron chi connectivity index (χ4n) is 2.90. The highest BCUT2D eigenvalue weighted by atomic mass is 32.1. The Morgan fingerprint density at radius 3 is 2.88 bits per heavy atom. The molecule has 0 amide bonds. The molecule has 132 valence electrons. The molecule has 4 aromatic rings. The molecule has 0 spiro atoms. The smallest absolute Gasteiger partial charge is 0.174 e. The first-order chi connectivity index (χ1) is 12.8. The quantitative estimate of drug-likeness (QED) is 0.473. The minimum Gasteiger partial charge on any atom is -0.453 e. The van der Waals surface area contributed by atoms with E-state index in [-0.39, 0.29) is 11.9 Å². The summed E-state index contributed by atoms with van der Waals surface area (Å²) >= 11 is 1.35. The van der Waals surface area contributed by atoms with E-state index in [9.17, 15) is 8.96 Å². The second-order valence-corrected chi connectivity index (χ2v) is 10.2. The molecular weight excluding hydrogens is 370 g/mol. The first kappa shape index (κ1) is 15.8. The van der Waals surface area contributed by atoms with Gasteiger partial charge in [-0.15, -0.1) is 11.3 Å². The molecular formula is C19H16FN2O2PS. The van der Waals surface area contributed by atoms with Crippen LogP contribution in [0.1, 0.15) is 1.37 Å². The van der Waals surface area contributed by atoms with Crippen LogP contribution in [0, 0.1) is 5.82 Å². The Morgan fingerprint density at radius 1 is 1.31 bits per heavy atom. The zero-order valence-electron chi connectivity index (χ0n) is 15.1. The molecule has 4 rings (SSSR count). The third kappa shape index (κ3) is 3.06. The van der Waals surface area contributed by atoms with Gasteiger partial charge >= 0.3 is 0 Å². The fraction of sp³-hybridized carbons (Fsp3) is 0.105. The maximum Gasteiger partial charge on any atom is 0.174 e. The molecule has 7 heteroatoms. The minimum atomic E-state index is -2.82. The number of nitrogens with one attached hydrogen (secondary N) is 1. The predicted octanol–water partition coefficient (Wildman–Crippen LogP) is 5.47. The second kappa shape index (κ2) is 6.38. The summed E-state index contributed by atoms with van der Waals surface area (Å²) in [4.78, 5) is 7.10. The minimum absolute atomic E-state index is 0.0205. The van der Waals surface area contributed by atoms with Gasteiger partial charge < -0.3 is 14.3 Å². The molecule has 2 aromatic carbocycles. The maximum absolute atomic E-state index is 14.8. The van der Waals surface area contributed by atoms with Crippen molar-refractivity contribution in [3.05, 3.63) is 60.0 Å². The van der Waals surface area contributed by atoms with E-state index in [1.54, 1.807) is 49.2 Å². The molecule has 0 radical (unpaired) electrons. The van der Waals surface area contributed by atoms with E-state index < -0.39 is 13.0 Å². The van der Waals surface area contributed by atoms with Crippen molar-refractivity contribution in [1.82, 2.24) is 9.97 Å². The molecule has 2 heterocycles. The Bertz CT molecular complexity index is 1200. The normalized spacial score (nSPS) is 12.3. The molecule has 0 aliphatic carbocycles. The van der Waals surface area contributed by atoms with Gasteiger partial charge in [-0.05, 0) is 31.5 Å². The topological polar surface area (TPSA) is 55.0 Å². The van der Waals surface area contributed by atoms with Crippen LogP contribution in [0.4, 0.5) is 4.39 Å². The van der Waals surface area contributed by atoms with Crippen molar-refractivity contribution in [2.75, 3.05) is 13.3 Å². The molecule has 2 aromatic heterocycles. The summed E-state index contributed by atoms with van der Waals surface area (Å²) in [7, 11) is -2.82. The highest BCUT2D eigenvalue weighted by molar-refractivity contribution is 7.70. The number of aromatic nitrogens is 2. The van der Waals surface area contributed by atoms with Crippen molar-refractivity contribution in [3.8, 4) is 22.1 Å². The van der Waals surface area contributed by atoms with Gasteiger partial charge in [-0.25, -0.2) is 9.37 Å². The maximum atomic E-state index is 14.8. The number of hydrogen-bond donors (Lipinski definition) is 1. The number of rotatable bonds is 4. The first-order valence-corrected chi connectivity index (χ1v) is 11.4. The Labute approximate surface area is 155 Å². The SMILES string of the molecule is [2H]c1csc(-c2cccc(Oc3c(F)cc4[nH]ccc4c3P(C)(C)=O)c2)n1. The highest BCUT2D eigenvalue weighted by Gasteiger charge is 2.25. The van der Waals surface area contributed by atoms with Crippen LogP contribution in [-0.2, 0) is 4.57 Å². The predicted molar refractivity (Wildman–Crippen MR) is 105 cm³/mol. The number of hydrogen-bond acceptors (Lipinski definition) is 4. The number of nitrogens with zero attached hydrogens (tertiary/aromatic N) is 1. The van der Waals surface area contributed by atoms with Crippen LogP contribution >= 0.6 is 18.5 Å². The van der Waals surface area contributed by atoms with Crippen LogP contribution < -0.4 is 10.0 Å². The number of benzene rings is 2. The summed E-state index contributed by atoms with van der Waals surface area (Å²) in [6.45, 7) is 3.20. The van der Waals surface area contributed by atoms with Gasteiger partial charge in [0.25, 0.3) is 0 Å². The van der Waals surface area contributed by atoms with E-state index in [4.69, 9.17) is 6.11 Å². The standard InChI is InChI=1S/C19H16FN2O2PS/c1-25(2,23)18-14-6-7-21-16(14)11-15(20)17(18)24-13-5-3-4-12(10-13)19-22-8-9-26-19/h3-11,21H,1-2H3/i8D. The molecule has 0 aliphatic heterocycles. The van der Waals surface area contributed by atoms with E-state index in [2.05, 4.69) is 9.97 Å². The number of aromatic amines is 1. The number of halogens is 1. The van der Waals surface area contributed by atoms with E-state index in [1.165, 1.54) is 17.4 Å². The van der Waals surface area contributed by atoms with Gasteiger partial charge in [-0.1, -0.05) is 12.1 Å². The molecule has 4 nitrogen and oxygen atoms in total. The Kier molecular flexibility index (Phi) is 3.88. The Balaban J connectivity index is 1.82. The summed E-state index contributed by atoms with van der Waals surface area (Å²) in [5.41, 5.74) is 1.36. The molecule has 0 atom stereocenters. The number of fused-ring (bicyclic) bond motifs is 1. The summed E-state index contributed by atoms with van der Waals surface area (Å²) in [6.07, 6.45) is 1.89. The first-order valence-electron chi connectivity index (χ1n) is 8.38. The van der Waals surface area contributed by atoms with Crippen molar-refractivity contribution in [1.29, 1.82) is 0 Å². The van der Waals surface area contributed by atoms with Gasteiger partial charge in [0.1, 0.15) is 17.9 Å². The lowest BCUT2D eigenvalue weighted by molar-refractivity contribution is 0.447. The van der Waals surface area contributed by atoms with E-state index in [0.29, 0.717) is 27.0 Å².